The molecular weight excluding hydrogens is 464 g/mol. The summed E-state index contributed by atoms with van der Waals surface area (Å²) in [7, 11) is 0. The first-order valence-electron chi connectivity index (χ1n) is 12.4. The van der Waals surface area contributed by atoms with Crippen LogP contribution in [0.25, 0.3) is 0 Å². The van der Waals surface area contributed by atoms with Gasteiger partial charge in [-0.2, -0.15) is 4.68 Å². The van der Waals surface area contributed by atoms with Gasteiger partial charge in [0.15, 0.2) is 0 Å². The Morgan fingerprint density at radius 2 is 1.53 bits per heavy atom. The van der Waals surface area contributed by atoms with Crippen molar-refractivity contribution in [3.63, 3.8) is 0 Å². The molecular formula is C26H38N4O6. The number of alkyl carbamates (subject to hydrolysis) is 1. The summed E-state index contributed by atoms with van der Waals surface area (Å²) in [5.74, 6) is -1.92. The van der Waals surface area contributed by atoms with Gasteiger partial charge in [0.05, 0.1) is 12.6 Å². The second-order valence-corrected chi connectivity index (χ2v) is 10.2. The standard InChI is InChI=1S/C26H38N4O6/c1-16(2)12-20(22(31)24-29-30(14-18(5)6)26(34)36-24)27-23(32)21(13-17(3)4)28-25(33)35-15-19-10-8-7-9-11-19/h7-11,16-18,20-21H,12-15H2,1-6H3,(H,27,32)(H,28,33)/t20?,21-/m0/s1. The molecule has 0 aliphatic carbocycles. The molecule has 0 fully saturated rings. The monoisotopic (exact) mass is 502 g/mol. The Morgan fingerprint density at radius 3 is 2.11 bits per heavy atom. The Bertz CT molecular complexity index is 1060. The molecule has 0 aliphatic heterocycles. The van der Waals surface area contributed by atoms with Gasteiger partial charge in [0.1, 0.15) is 12.6 Å². The van der Waals surface area contributed by atoms with E-state index >= 15 is 0 Å². The Hall–Kier alpha value is -3.43. The largest absolute Gasteiger partial charge is 0.445 e. The summed E-state index contributed by atoms with van der Waals surface area (Å²) in [6.07, 6.45) is -0.0877. The highest BCUT2D eigenvalue weighted by Gasteiger charge is 2.31. The summed E-state index contributed by atoms with van der Waals surface area (Å²) in [5, 5.41) is 9.37. The zero-order valence-corrected chi connectivity index (χ0v) is 21.9. The van der Waals surface area contributed by atoms with Crippen LogP contribution in [0, 0.1) is 17.8 Å². The summed E-state index contributed by atoms with van der Waals surface area (Å²) >= 11 is 0. The average molecular weight is 503 g/mol. The lowest BCUT2D eigenvalue weighted by Crippen LogP contribution is -2.52. The van der Waals surface area contributed by atoms with E-state index in [9.17, 15) is 19.2 Å². The lowest BCUT2D eigenvalue weighted by atomic mass is 9.98. The van der Waals surface area contributed by atoms with Crippen molar-refractivity contribution in [1.82, 2.24) is 20.4 Å². The number of nitrogens with one attached hydrogen (secondary N) is 2. The molecule has 0 bridgehead atoms. The molecule has 1 heterocycles. The SMILES string of the molecule is CC(C)CC(NC(=O)[C@H](CC(C)C)NC(=O)OCc1ccccc1)C(=O)c1nn(CC(C)C)c(=O)o1. The van der Waals surface area contributed by atoms with Crippen LogP contribution in [-0.2, 0) is 22.7 Å². The van der Waals surface area contributed by atoms with Gasteiger partial charge >= 0.3 is 11.8 Å². The molecule has 1 unspecified atom stereocenters. The smallest absolute Gasteiger partial charge is 0.437 e. The van der Waals surface area contributed by atoms with Crippen molar-refractivity contribution in [2.24, 2.45) is 17.8 Å². The number of aromatic nitrogens is 2. The minimum atomic E-state index is -0.972. The molecule has 2 N–H and O–H groups in total. The van der Waals surface area contributed by atoms with E-state index in [0.29, 0.717) is 19.4 Å². The van der Waals surface area contributed by atoms with Crippen LogP contribution in [0.4, 0.5) is 4.79 Å². The van der Waals surface area contributed by atoms with Crippen LogP contribution in [0.2, 0.25) is 0 Å². The van der Waals surface area contributed by atoms with E-state index in [0.717, 1.165) is 10.2 Å². The lowest BCUT2D eigenvalue weighted by molar-refractivity contribution is -0.124. The van der Waals surface area contributed by atoms with Gasteiger partial charge in [-0.15, -0.1) is 5.10 Å². The third-order valence-electron chi connectivity index (χ3n) is 5.22. The van der Waals surface area contributed by atoms with Crippen molar-refractivity contribution in [3.05, 3.63) is 52.3 Å². The summed E-state index contributed by atoms with van der Waals surface area (Å²) < 4.78 is 11.5. The fraction of sp³-hybridized carbons (Fsp3) is 0.577. The van der Waals surface area contributed by atoms with E-state index in [2.05, 4.69) is 15.7 Å². The van der Waals surface area contributed by atoms with Crippen LogP contribution in [0.1, 0.15) is 70.6 Å². The Labute approximate surface area is 211 Å². The van der Waals surface area contributed by atoms with Crippen molar-refractivity contribution in [2.75, 3.05) is 0 Å². The molecule has 10 nitrogen and oxygen atoms in total. The number of nitrogens with zero attached hydrogens (tertiary/aromatic N) is 2. The van der Waals surface area contributed by atoms with Crippen molar-refractivity contribution in [1.29, 1.82) is 0 Å². The highest BCUT2D eigenvalue weighted by molar-refractivity contribution is 5.99. The van der Waals surface area contributed by atoms with E-state index < -0.39 is 35.6 Å². The minimum Gasteiger partial charge on any atom is -0.445 e. The molecule has 0 saturated heterocycles. The maximum absolute atomic E-state index is 13.2. The van der Waals surface area contributed by atoms with E-state index in [1.165, 1.54) is 0 Å². The number of Topliss-reactive ketones (excluding diaryl/α,β-unsaturated/α-hetero) is 1. The van der Waals surface area contributed by atoms with Gasteiger partial charge in [-0.25, -0.2) is 9.59 Å². The van der Waals surface area contributed by atoms with Gasteiger partial charge in [-0.3, -0.25) is 9.59 Å². The summed E-state index contributed by atoms with van der Waals surface area (Å²) in [6.45, 7) is 11.9. The molecule has 0 aliphatic rings. The van der Waals surface area contributed by atoms with Crippen LogP contribution < -0.4 is 16.4 Å². The number of ether oxygens (including phenoxy) is 1. The van der Waals surface area contributed by atoms with E-state index in [1.54, 1.807) is 0 Å². The molecule has 2 aromatic rings. The number of hydrogen-bond acceptors (Lipinski definition) is 7. The highest BCUT2D eigenvalue weighted by Crippen LogP contribution is 2.12. The third kappa shape index (κ3) is 9.31. The summed E-state index contributed by atoms with van der Waals surface area (Å²) in [5.41, 5.74) is 0.818. The third-order valence-corrected chi connectivity index (χ3v) is 5.22. The number of amides is 2. The van der Waals surface area contributed by atoms with Crippen LogP contribution in [-0.4, -0.2) is 39.6 Å². The van der Waals surface area contributed by atoms with Gasteiger partial charge in [-0.1, -0.05) is 71.9 Å². The second-order valence-electron chi connectivity index (χ2n) is 10.2. The first-order valence-corrected chi connectivity index (χ1v) is 12.4. The van der Waals surface area contributed by atoms with Gasteiger partial charge in [-0.05, 0) is 36.2 Å². The molecule has 2 amide bonds. The zero-order valence-electron chi connectivity index (χ0n) is 21.9. The van der Waals surface area contributed by atoms with E-state index in [4.69, 9.17) is 9.15 Å². The number of rotatable bonds is 13. The molecule has 1 aromatic carbocycles. The Kier molecular flexibility index (Phi) is 10.9. The normalized spacial score (nSPS) is 13.0. The summed E-state index contributed by atoms with van der Waals surface area (Å²) in [6, 6.07) is 7.31. The molecule has 2 atom stereocenters. The number of carbonyl (C=O) groups is 3. The average Bonchev–Trinajstić information content (AvgIpc) is 3.15. The molecule has 36 heavy (non-hydrogen) atoms. The highest BCUT2D eigenvalue weighted by atomic mass is 16.5. The number of carbonyl (C=O) groups excluding carboxylic acids is 3. The predicted octanol–water partition coefficient (Wildman–Crippen LogP) is 3.55. The van der Waals surface area contributed by atoms with Crippen LogP contribution in [0.15, 0.2) is 39.5 Å². The maximum Gasteiger partial charge on any atom is 0.437 e. The van der Waals surface area contributed by atoms with Crippen LogP contribution >= 0.6 is 0 Å². The number of ketones is 1. The fourth-order valence-corrected chi connectivity index (χ4v) is 3.60. The minimum absolute atomic E-state index is 0.0519. The molecule has 0 radical (unpaired) electrons. The molecule has 10 heteroatoms. The van der Waals surface area contributed by atoms with Crippen molar-refractivity contribution in [3.8, 4) is 0 Å². The first-order chi connectivity index (χ1) is 17.0. The van der Waals surface area contributed by atoms with Crippen LogP contribution in [0.3, 0.4) is 0 Å². The quantitative estimate of drug-likeness (QED) is 0.400. The number of benzene rings is 1. The van der Waals surface area contributed by atoms with E-state index in [-0.39, 0.29) is 30.3 Å². The fourth-order valence-electron chi connectivity index (χ4n) is 3.60. The second kappa shape index (κ2) is 13.6. The van der Waals surface area contributed by atoms with E-state index in [1.807, 2.05) is 71.9 Å². The molecule has 0 spiro atoms. The van der Waals surface area contributed by atoms with Crippen LogP contribution in [0.5, 0.6) is 0 Å². The van der Waals surface area contributed by atoms with Gasteiger partial charge in [0, 0.05) is 0 Å². The van der Waals surface area contributed by atoms with Gasteiger partial charge in [0.25, 0.3) is 5.89 Å². The van der Waals surface area contributed by atoms with Gasteiger partial charge < -0.3 is 19.8 Å². The predicted molar refractivity (Wildman–Crippen MR) is 134 cm³/mol. The van der Waals surface area contributed by atoms with Crippen molar-refractivity contribution >= 4 is 17.8 Å². The zero-order chi connectivity index (χ0) is 26.8. The molecule has 2 rings (SSSR count). The Balaban J connectivity index is 2.13. The molecule has 198 valence electrons. The Morgan fingerprint density at radius 1 is 0.917 bits per heavy atom. The number of hydrogen-bond donors (Lipinski definition) is 2. The topological polar surface area (TPSA) is 133 Å². The lowest BCUT2D eigenvalue weighted by Gasteiger charge is -2.24. The maximum atomic E-state index is 13.2. The summed E-state index contributed by atoms with van der Waals surface area (Å²) in [4.78, 5) is 50.9. The van der Waals surface area contributed by atoms with Crippen molar-refractivity contribution in [2.45, 2.75) is 79.6 Å². The molecule has 1 aromatic heterocycles. The van der Waals surface area contributed by atoms with Crippen molar-refractivity contribution < 1.29 is 23.5 Å². The van der Waals surface area contributed by atoms with Gasteiger partial charge in [0.2, 0.25) is 11.7 Å². The first kappa shape index (κ1) is 28.8. The molecule has 0 saturated carbocycles.